The third-order valence-corrected chi connectivity index (χ3v) is 6.94. The zero-order valence-electron chi connectivity index (χ0n) is 20.7. The molecular formula is C28H29N5O5. The van der Waals surface area contributed by atoms with Gasteiger partial charge in [0.15, 0.2) is 0 Å². The van der Waals surface area contributed by atoms with E-state index in [-0.39, 0.29) is 6.42 Å². The molecule has 10 nitrogen and oxygen atoms in total. The lowest BCUT2D eigenvalue weighted by Crippen LogP contribution is -2.42. The molecule has 1 atom stereocenters. The summed E-state index contributed by atoms with van der Waals surface area (Å²) in [6.45, 7) is 0. The normalized spacial score (nSPS) is 14.7. The Bertz CT molecular complexity index is 1450. The van der Waals surface area contributed by atoms with Gasteiger partial charge >= 0.3 is 12.0 Å². The summed E-state index contributed by atoms with van der Waals surface area (Å²) in [5, 5.41) is 14.8. The summed E-state index contributed by atoms with van der Waals surface area (Å²) < 4.78 is 7.56. The Balaban J connectivity index is 1.38. The highest BCUT2D eigenvalue weighted by Gasteiger charge is 2.25. The van der Waals surface area contributed by atoms with E-state index in [1.54, 1.807) is 48.9 Å². The number of nitrogens with one attached hydrogen (secondary N) is 2. The lowest BCUT2D eigenvalue weighted by atomic mass is 9.95. The molecule has 196 valence electrons. The van der Waals surface area contributed by atoms with Crippen molar-refractivity contribution in [1.29, 1.82) is 0 Å². The first-order valence-electron chi connectivity index (χ1n) is 12.6. The van der Waals surface area contributed by atoms with Crippen molar-refractivity contribution in [3.8, 4) is 11.4 Å². The van der Waals surface area contributed by atoms with Gasteiger partial charge in [-0.2, -0.15) is 0 Å². The van der Waals surface area contributed by atoms with Crippen molar-refractivity contribution in [2.24, 2.45) is 5.73 Å². The maximum absolute atomic E-state index is 13.1. The maximum atomic E-state index is 13.1. The van der Waals surface area contributed by atoms with Crippen LogP contribution >= 0.6 is 0 Å². The predicted octanol–water partition coefficient (Wildman–Crippen LogP) is 4.72. The van der Waals surface area contributed by atoms with E-state index in [4.69, 9.17) is 15.1 Å². The van der Waals surface area contributed by atoms with Gasteiger partial charge in [-0.25, -0.2) is 14.6 Å². The summed E-state index contributed by atoms with van der Waals surface area (Å²) in [4.78, 5) is 40.9. The lowest BCUT2D eigenvalue weighted by Gasteiger charge is -2.25. The number of benzene rings is 2. The van der Waals surface area contributed by atoms with Crippen molar-refractivity contribution >= 4 is 34.6 Å². The maximum Gasteiger partial charge on any atom is 0.326 e. The van der Waals surface area contributed by atoms with Crippen LogP contribution in [-0.4, -0.2) is 38.6 Å². The third-order valence-electron chi connectivity index (χ3n) is 6.94. The average Bonchev–Trinajstić information content (AvgIpc) is 3.57. The van der Waals surface area contributed by atoms with Gasteiger partial charge in [0.05, 0.1) is 22.9 Å². The molecule has 2 aromatic heterocycles. The largest absolute Gasteiger partial charge is 0.480 e. The summed E-state index contributed by atoms with van der Waals surface area (Å²) in [6, 6.07) is 12.3. The van der Waals surface area contributed by atoms with Crippen molar-refractivity contribution in [3.05, 3.63) is 72.2 Å². The fourth-order valence-electron chi connectivity index (χ4n) is 5.09. The van der Waals surface area contributed by atoms with Gasteiger partial charge in [0, 0.05) is 23.7 Å². The molecule has 0 saturated heterocycles. The van der Waals surface area contributed by atoms with Crippen LogP contribution < -0.4 is 16.4 Å². The molecule has 1 saturated carbocycles. The lowest BCUT2D eigenvalue weighted by molar-refractivity contribution is -0.139. The molecule has 5 N–H and O–H groups in total. The number of aliphatic carboxylic acids is 1. The van der Waals surface area contributed by atoms with Crippen molar-refractivity contribution in [3.63, 3.8) is 0 Å². The highest BCUT2D eigenvalue weighted by atomic mass is 16.4. The molecule has 0 bridgehead atoms. The smallest absolute Gasteiger partial charge is 0.326 e. The Morgan fingerprint density at radius 2 is 1.84 bits per heavy atom. The highest BCUT2D eigenvalue weighted by Crippen LogP contribution is 2.36. The standard InChI is InChI=1S/C28H29N5O5/c29-28(37)30-20-9-6-17(7-10-20)14-23(27(35)36)32-26(34)18-8-11-24-22(15-18)31-25(19-12-13-38-16-19)33(24)21-4-2-1-3-5-21/h6-13,15-16,21,23H,1-5,14H2,(H,32,34)(H,35,36)(H3,29,30,37). The molecule has 10 heteroatoms. The van der Waals surface area contributed by atoms with E-state index in [0.717, 1.165) is 42.6 Å². The Morgan fingerprint density at radius 3 is 2.50 bits per heavy atom. The van der Waals surface area contributed by atoms with Crippen molar-refractivity contribution in [2.45, 2.75) is 50.6 Å². The van der Waals surface area contributed by atoms with Gasteiger partial charge in [-0.1, -0.05) is 31.4 Å². The zero-order valence-corrected chi connectivity index (χ0v) is 20.7. The van der Waals surface area contributed by atoms with Gasteiger partial charge in [0.1, 0.15) is 18.1 Å². The van der Waals surface area contributed by atoms with Crippen LogP contribution in [0.5, 0.6) is 0 Å². The SMILES string of the molecule is NC(=O)Nc1ccc(CC(NC(=O)c2ccc3c(c2)nc(-c2ccoc2)n3C2CCCCC2)C(=O)O)cc1. The number of carboxylic acid groups (broad SMARTS) is 1. The summed E-state index contributed by atoms with van der Waals surface area (Å²) in [7, 11) is 0. The molecule has 1 aliphatic carbocycles. The van der Waals surface area contributed by atoms with Crippen molar-refractivity contribution in [2.75, 3.05) is 5.32 Å². The number of urea groups is 1. The third kappa shape index (κ3) is 5.39. The molecule has 0 radical (unpaired) electrons. The van der Waals surface area contributed by atoms with Crippen LogP contribution in [-0.2, 0) is 11.2 Å². The first-order chi connectivity index (χ1) is 18.4. The van der Waals surface area contributed by atoms with Crippen LogP contribution in [0.4, 0.5) is 10.5 Å². The number of rotatable bonds is 8. The summed E-state index contributed by atoms with van der Waals surface area (Å²) in [5.41, 5.74) is 9.10. The number of primary amides is 1. The van der Waals surface area contributed by atoms with E-state index in [0.29, 0.717) is 28.4 Å². The minimum atomic E-state index is -1.15. The first-order valence-corrected chi connectivity index (χ1v) is 12.6. The van der Waals surface area contributed by atoms with Gasteiger partial charge in [0.2, 0.25) is 0 Å². The van der Waals surface area contributed by atoms with Crippen LogP contribution in [0, 0.1) is 0 Å². The molecular weight excluding hydrogens is 486 g/mol. The molecule has 3 amide bonds. The summed E-state index contributed by atoms with van der Waals surface area (Å²) in [5.74, 6) is -0.845. The predicted molar refractivity (Wildman–Crippen MR) is 142 cm³/mol. The number of amides is 3. The van der Waals surface area contributed by atoms with Gasteiger partial charge in [-0.15, -0.1) is 0 Å². The van der Waals surface area contributed by atoms with Crippen LogP contribution in [0.2, 0.25) is 0 Å². The number of nitrogens with zero attached hydrogens (tertiary/aromatic N) is 2. The second kappa shape index (κ2) is 10.8. The van der Waals surface area contributed by atoms with Gasteiger partial charge < -0.3 is 30.5 Å². The zero-order chi connectivity index (χ0) is 26.6. The number of aromatic nitrogens is 2. The Hall–Kier alpha value is -4.60. The van der Waals surface area contributed by atoms with Gasteiger partial charge in [-0.05, 0) is 54.8 Å². The number of furan rings is 1. The number of carbonyl (C=O) groups is 3. The number of anilines is 1. The Kier molecular flexibility index (Phi) is 7.12. The molecule has 1 fully saturated rings. The number of carboxylic acids is 1. The van der Waals surface area contributed by atoms with Crippen molar-refractivity contribution in [1.82, 2.24) is 14.9 Å². The fraction of sp³-hybridized carbons (Fsp3) is 0.286. The minimum Gasteiger partial charge on any atom is -0.480 e. The molecule has 0 aliphatic heterocycles. The van der Waals surface area contributed by atoms with E-state index in [9.17, 15) is 19.5 Å². The molecule has 0 spiro atoms. The number of fused-ring (bicyclic) bond motifs is 1. The second-order valence-electron chi connectivity index (χ2n) is 9.57. The molecule has 2 aromatic carbocycles. The molecule has 38 heavy (non-hydrogen) atoms. The van der Waals surface area contributed by atoms with E-state index in [2.05, 4.69) is 15.2 Å². The Labute approximate surface area is 218 Å². The number of carbonyl (C=O) groups excluding carboxylic acids is 2. The van der Waals surface area contributed by atoms with Crippen LogP contribution in [0.1, 0.15) is 54.1 Å². The average molecular weight is 516 g/mol. The van der Waals surface area contributed by atoms with E-state index < -0.39 is 23.9 Å². The van der Waals surface area contributed by atoms with Crippen LogP contribution in [0.3, 0.4) is 0 Å². The topological polar surface area (TPSA) is 152 Å². The van der Waals surface area contributed by atoms with Gasteiger partial charge in [0.25, 0.3) is 5.91 Å². The number of hydrogen-bond donors (Lipinski definition) is 4. The van der Waals surface area contributed by atoms with Gasteiger partial charge in [-0.3, -0.25) is 4.79 Å². The summed E-state index contributed by atoms with van der Waals surface area (Å²) in [6.07, 6.45) is 9.05. The minimum absolute atomic E-state index is 0.0705. The highest BCUT2D eigenvalue weighted by molar-refractivity contribution is 5.99. The number of imidazole rings is 1. The monoisotopic (exact) mass is 515 g/mol. The first kappa shape index (κ1) is 25.1. The molecule has 1 aliphatic rings. The summed E-state index contributed by atoms with van der Waals surface area (Å²) >= 11 is 0. The quantitative estimate of drug-likeness (QED) is 0.266. The molecule has 4 aromatic rings. The second-order valence-corrected chi connectivity index (χ2v) is 9.57. The van der Waals surface area contributed by atoms with Crippen molar-refractivity contribution < 1.29 is 23.9 Å². The van der Waals surface area contributed by atoms with Crippen LogP contribution in [0.25, 0.3) is 22.4 Å². The molecule has 5 rings (SSSR count). The number of nitrogens with two attached hydrogens (primary N) is 1. The van der Waals surface area contributed by atoms with E-state index in [1.807, 2.05) is 12.1 Å². The van der Waals surface area contributed by atoms with Crippen LogP contribution in [0.15, 0.2) is 65.5 Å². The fourth-order valence-corrected chi connectivity index (χ4v) is 5.09. The van der Waals surface area contributed by atoms with E-state index >= 15 is 0 Å². The Morgan fingerprint density at radius 1 is 1.08 bits per heavy atom. The molecule has 2 heterocycles. The van der Waals surface area contributed by atoms with E-state index in [1.165, 1.54) is 6.42 Å². The molecule has 1 unspecified atom stereocenters. The number of hydrogen-bond acceptors (Lipinski definition) is 5.